The molecule has 8 nitrogen and oxygen atoms in total. The smallest absolute Gasteiger partial charge is 0.425 e. The highest BCUT2D eigenvalue weighted by atomic mass is 35.5. The van der Waals surface area contributed by atoms with Gasteiger partial charge in [-0.25, -0.2) is 9.78 Å². The maximum atomic E-state index is 13.9. The maximum absolute atomic E-state index is 13.9. The van der Waals surface area contributed by atoms with Gasteiger partial charge in [-0.05, 0) is 56.0 Å². The molecule has 0 saturated carbocycles. The van der Waals surface area contributed by atoms with E-state index in [0.29, 0.717) is 29.4 Å². The number of aromatic nitrogens is 1. The third-order valence-corrected chi connectivity index (χ3v) is 7.63. The van der Waals surface area contributed by atoms with E-state index in [1.165, 1.54) is 13.2 Å². The highest BCUT2D eigenvalue weighted by Crippen LogP contribution is 2.34. The fourth-order valence-electron chi connectivity index (χ4n) is 5.13. The van der Waals surface area contributed by atoms with Crippen molar-refractivity contribution in [2.75, 3.05) is 31.6 Å². The monoisotopic (exact) mass is 563 g/mol. The Labute approximate surface area is 229 Å². The van der Waals surface area contributed by atoms with Crippen molar-refractivity contribution in [3.05, 3.63) is 58.7 Å². The lowest BCUT2D eigenvalue weighted by molar-refractivity contribution is -0.199. The molecule has 2 saturated heterocycles. The molecule has 2 fully saturated rings. The molecule has 1 aromatic heterocycles. The van der Waals surface area contributed by atoms with Gasteiger partial charge in [0.25, 0.3) is 0 Å². The molecule has 4 rings (SSSR count). The number of benzene rings is 1. The van der Waals surface area contributed by atoms with E-state index in [2.05, 4.69) is 4.98 Å². The molecule has 1 aromatic carbocycles. The number of hydrogen-bond acceptors (Lipinski definition) is 6. The molecule has 208 valence electrons. The van der Waals surface area contributed by atoms with Crippen molar-refractivity contribution < 1.29 is 27.5 Å². The minimum atomic E-state index is -4.69. The van der Waals surface area contributed by atoms with Gasteiger partial charge < -0.3 is 19.4 Å². The van der Waals surface area contributed by atoms with Gasteiger partial charge in [0.1, 0.15) is 17.9 Å². The second kappa shape index (κ2) is 11.7. The van der Waals surface area contributed by atoms with E-state index in [0.717, 1.165) is 30.2 Å². The Balaban J connectivity index is 1.57. The van der Waals surface area contributed by atoms with Crippen molar-refractivity contribution in [2.24, 2.45) is 0 Å². The zero-order valence-electron chi connectivity index (χ0n) is 21.6. The first-order chi connectivity index (χ1) is 18.5. The summed E-state index contributed by atoms with van der Waals surface area (Å²) in [6, 6.07) is 11.3. The number of likely N-dealkylation sites (tertiary alicyclic amines) is 1. The molecule has 2 aliphatic heterocycles. The van der Waals surface area contributed by atoms with E-state index in [1.54, 1.807) is 41.3 Å². The van der Waals surface area contributed by atoms with Crippen LogP contribution in [0.15, 0.2) is 42.6 Å². The summed E-state index contributed by atoms with van der Waals surface area (Å²) in [6.45, 7) is 1.79. The Hall–Kier alpha value is -3.52. The van der Waals surface area contributed by atoms with E-state index in [9.17, 15) is 22.8 Å². The standard InChI is InChI=1S/C27H29ClF3N5O3/c1-17(27(29,30)31)39-26(38)34(2)23-16-35(15-21(23)19-7-9-20(28)10-8-19)25(37)22-5-3-4-12-36(22)24-11-6-18(13-32)14-33-24/h6-11,14,17,21-23H,3-5,12,15-16H2,1-2H3/t17?,21-,22?,23+/m0/s1. The highest BCUT2D eigenvalue weighted by Gasteiger charge is 2.45. The zero-order chi connectivity index (χ0) is 28.3. The molecule has 0 N–H and O–H groups in total. The van der Waals surface area contributed by atoms with Crippen LogP contribution in [-0.2, 0) is 9.53 Å². The van der Waals surface area contributed by atoms with E-state index < -0.39 is 30.5 Å². The van der Waals surface area contributed by atoms with Gasteiger partial charge >= 0.3 is 12.3 Å². The average Bonchev–Trinajstić information content (AvgIpc) is 3.37. The van der Waals surface area contributed by atoms with Crippen LogP contribution in [0.1, 0.15) is 43.2 Å². The first kappa shape index (κ1) is 28.5. The predicted octanol–water partition coefficient (Wildman–Crippen LogP) is 4.98. The van der Waals surface area contributed by atoms with Crippen LogP contribution in [0.4, 0.5) is 23.8 Å². The minimum Gasteiger partial charge on any atom is -0.437 e. The van der Waals surface area contributed by atoms with E-state index in [1.807, 2.05) is 11.0 Å². The molecule has 2 aliphatic rings. The topological polar surface area (TPSA) is 89.8 Å². The summed E-state index contributed by atoms with van der Waals surface area (Å²) in [6.07, 6.45) is -4.26. The van der Waals surface area contributed by atoms with Crippen LogP contribution in [0.5, 0.6) is 0 Å². The van der Waals surface area contributed by atoms with Crippen LogP contribution in [-0.4, -0.2) is 77.8 Å². The van der Waals surface area contributed by atoms with Crippen LogP contribution in [0, 0.1) is 11.3 Å². The minimum absolute atomic E-state index is 0.128. The predicted molar refractivity (Wildman–Crippen MR) is 138 cm³/mol. The summed E-state index contributed by atoms with van der Waals surface area (Å²) in [7, 11) is 1.39. The lowest BCUT2D eigenvalue weighted by Gasteiger charge is -2.37. The lowest BCUT2D eigenvalue weighted by atomic mass is 9.93. The second-order valence-electron chi connectivity index (χ2n) is 9.87. The molecule has 0 spiro atoms. The molecule has 39 heavy (non-hydrogen) atoms. The van der Waals surface area contributed by atoms with Crippen LogP contribution >= 0.6 is 11.6 Å². The van der Waals surface area contributed by atoms with Gasteiger partial charge in [0.2, 0.25) is 5.91 Å². The number of hydrogen-bond donors (Lipinski definition) is 0. The van der Waals surface area contributed by atoms with Crippen LogP contribution < -0.4 is 4.90 Å². The van der Waals surface area contributed by atoms with Gasteiger partial charge in [-0.1, -0.05) is 23.7 Å². The van der Waals surface area contributed by atoms with Gasteiger partial charge in [-0.3, -0.25) is 4.79 Å². The van der Waals surface area contributed by atoms with Crippen molar-refractivity contribution in [1.29, 1.82) is 5.26 Å². The molecule has 2 unspecified atom stereocenters. The van der Waals surface area contributed by atoms with Crippen molar-refractivity contribution in [1.82, 2.24) is 14.8 Å². The number of piperidine rings is 1. The molecule has 0 bridgehead atoms. The molecule has 4 atom stereocenters. The van der Waals surface area contributed by atoms with E-state index in [-0.39, 0.29) is 24.9 Å². The number of rotatable bonds is 5. The number of amides is 2. The molecular weight excluding hydrogens is 535 g/mol. The van der Waals surface area contributed by atoms with E-state index in [4.69, 9.17) is 21.6 Å². The highest BCUT2D eigenvalue weighted by molar-refractivity contribution is 6.30. The summed E-state index contributed by atoms with van der Waals surface area (Å²) in [5.41, 5.74) is 1.22. The largest absolute Gasteiger partial charge is 0.437 e. The van der Waals surface area contributed by atoms with Crippen molar-refractivity contribution in [2.45, 2.75) is 56.5 Å². The van der Waals surface area contributed by atoms with Gasteiger partial charge in [0, 0.05) is 43.8 Å². The summed E-state index contributed by atoms with van der Waals surface area (Å²) in [5, 5.41) is 9.60. The fraction of sp³-hybridized carbons (Fsp3) is 0.481. The number of halogens is 4. The number of carbonyl (C=O) groups is 2. The Bertz CT molecular complexity index is 1220. The number of alkyl halides is 3. The quantitative estimate of drug-likeness (QED) is 0.510. The first-order valence-electron chi connectivity index (χ1n) is 12.7. The SMILES string of the molecule is CC(OC(=O)N(C)[C@@H]1CN(C(=O)C2CCCCN2c2ccc(C#N)cn2)C[C@H]1c1ccc(Cl)cc1)C(F)(F)F. The number of nitriles is 1. The molecule has 2 amide bonds. The van der Waals surface area contributed by atoms with Gasteiger partial charge in [-0.15, -0.1) is 0 Å². The molecule has 0 radical (unpaired) electrons. The summed E-state index contributed by atoms with van der Waals surface area (Å²) >= 11 is 6.06. The van der Waals surface area contributed by atoms with Crippen molar-refractivity contribution in [3.8, 4) is 6.07 Å². The number of likely N-dealkylation sites (N-methyl/N-ethyl adjacent to an activating group) is 1. The molecular formula is C27H29ClF3N5O3. The third-order valence-electron chi connectivity index (χ3n) is 7.38. The van der Waals surface area contributed by atoms with Gasteiger partial charge in [-0.2, -0.15) is 18.4 Å². The first-order valence-corrected chi connectivity index (χ1v) is 13.0. The molecule has 3 heterocycles. The Morgan fingerprint density at radius 2 is 1.90 bits per heavy atom. The summed E-state index contributed by atoms with van der Waals surface area (Å²) in [4.78, 5) is 35.7. The zero-order valence-corrected chi connectivity index (χ0v) is 22.3. The lowest BCUT2D eigenvalue weighted by Crippen LogP contribution is -2.51. The number of nitrogens with zero attached hydrogens (tertiary/aromatic N) is 5. The van der Waals surface area contributed by atoms with Gasteiger partial charge in [0.15, 0.2) is 6.10 Å². The van der Waals surface area contributed by atoms with Crippen LogP contribution in [0.25, 0.3) is 0 Å². The fourth-order valence-corrected chi connectivity index (χ4v) is 5.25. The average molecular weight is 564 g/mol. The normalized spacial score (nSPS) is 22.2. The van der Waals surface area contributed by atoms with Gasteiger partial charge in [0.05, 0.1) is 11.6 Å². The Morgan fingerprint density at radius 3 is 2.51 bits per heavy atom. The van der Waals surface area contributed by atoms with E-state index >= 15 is 0 Å². The van der Waals surface area contributed by atoms with Crippen molar-refractivity contribution >= 4 is 29.4 Å². The Kier molecular flexibility index (Phi) is 8.54. The summed E-state index contributed by atoms with van der Waals surface area (Å²) < 4.78 is 43.8. The molecule has 2 aromatic rings. The third kappa shape index (κ3) is 6.38. The second-order valence-corrected chi connectivity index (χ2v) is 10.3. The van der Waals surface area contributed by atoms with Crippen LogP contribution in [0.2, 0.25) is 5.02 Å². The number of ether oxygens (including phenoxy) is 1. The molecule has 0 aliphatic carbocycles. The molecule has 12 heteroatoms. The van der Waals surface area contributed by atoms with Crippen LogP contribution in [0.3, 0.4) is 0 Å². The Morgan fingerprint density at radius 1 is 1.18 bits per heavy atom. The number of pyridine rings is 1. The maximum Gasteiger partial charge on any atom is 0.425 e. The van der Waals surface area contributed by atoms with Crippen molar-refractivity contribution in [3.63, 3.8) is 0 Å². The number of carbonyl (C=O) groups excluding carboxylic acids is 2. The number of anilines is 1. The summed E-state index contributed by atoms with van der Waals surface area (Å²) in [5.74, 6) is 0.0849.